The molecule has 1 aliphatic rings. The zero-order valence-electron chi connectivity index (χ0n) is 10.7. The Bertz CT molecular complexity index is 666. The molecule has 0 spiro atoms. The van der Waals surface area contributed by atoms with E-state index in [2.05, 4.69) is 0 Å². The number of fused-ring (bicyclic) bond motifs is 1. The first kappa shape index (κ1) is 12.6. The first-order valence-corrected chi connectivity index (χ1v) is 6.38. The maximum atomic E-state index is 12.2. The third-order valence-electron chi connectivity index (χ3n) is 3.55. The minimum Gasteiger partial charge on any atom is -0.278 e. The molecule has 0 aliphatic carbocycles. The third kappa shape index (κ3) is 2.00. The second-order valence-electron chi connectivity index (χ2n) is 4.78. The van der Waals surface area contributed by atoms with E-state index in [0.717, 1.165) is 5.56 Å². The van der Waals surface area contributed by atoms with Crippen molar-refractivity contribution in [3.63, 3.8) is 0 Å². The summed E-state index contributed by atoms with van der Waals surface area (Å²) in [7, 11) is 0. The molecule has 2 aromatic rings. The van der Waals surface area contributed by atoms with E-state index in [9.17, 15) is 14.8 Å². The maximum absolute atomic E-state index is 12.2. The van der Waals surface area contributed by atoms with E-state index < -0.39 is 17.7 Å². The van der Waals surface area contributed by atoms with E-state index in [1.165, 1.54) is 0 Å². The van der Waals surface area contributed by atoms with E-state index in [0.29, 0.717) is 17.5 Å². The van der Waals surface area contributed by atoms with E-state index in [1.807, 2.05) is 30.3 Å². The molecule has 2 amide bonds. The number of hydrogen-bond acceptors (Lipinski definition) is 3. The molecule has 0 bridgehead atoms. The molecule has 2 aromatic carbocycles. The molecular weight excluding hydrogens is 254 g/mol. The normalized spacial score (nSPS) is 18.1. The van der Waals surface area contributed by atoms with Gasteiger partial charge < -0.3 is 0 Å². The molecule has 0 radical (unpaired) electrons. The Labute approximate surface area is 116 Å². The number of carbonyl (C=O) groups excluding carboxylic acids is 2. The van der Waals surface area contributed by atoms with Crippen LogP contribution in [0.15, 0.2) is 54.6 Å². The molecule has 0 unspecified atom stereocenters. The fraction of sp³-hybridized carbons (Fsp3) is 0.125. The largest absolute Gasteiger partial charge is 0.284 e. The molecule has 1 heterocycles. The molecule has 0 aromatic heterocycles. The van der Waals surface area contributed by atoms with Crippen LogP contribution in [0.1, 0.15) is 27.4 Å². The first-order chi connectivity index (χ1) is 9.68. The maximum Gasteiger partial charge on any atom is 0.284 e. The summed E-state index contributed by atoms with van der Waals surface area (Å²) in [4.78, 5) is 24.0. The lowest BCUT2D eigenvalue weighted by atomic mass is 9.85. The van der Waals surface area contributed by atoms with Crippen LogP contribution in [0.4, 0.5) is 0 Å². The summed E-state index contributed by atoms with van der Waals surface area (Å²) < 4.78 is 0. The number of hydroxylamine groups is 2. The van der Waals surface area contributed by atoms with Gasteiger partial charge in [0.1, 0.15) is 0 Å². The second-order valence-corrected chi connectivity index (χ2v) is 4.78. The van der Waals surface area contributed by atoms with Crippen LogP contribution >= 0.6 is 0 Å². The number of rotatable bonds is 2. The van der Waals surface area contributed by atoms with Crippen LogP contribution in [0, 0.1) is 0 Å². The van der Waals surface area contributed by atoms with Crippen molar-refractivity contribution in [2.24, 2.45) is 0 Å². The predicted octanol–water partition coefficient (Wildman–Crippen LogP) is 2.38. The van der Waals surface area contributed by atoms with Gasteiger partial charge in [0, 0.05) is 5.56 Å². The van der Waals surface area contributed by atoms with E-state index in [1.54, 1.807) is 24.3 Å². The highest BCUT2D eigenvalue weighted by Crippen LogP contribution is 2.31. The van der Waals surface area contributed by atoms with Crippen LogP contribution in [0.2, 0.25) is 0 Å². The van der Waals surface area contributed by atoms with Gasteiger partial charge in [-0.25, -0.2) is 0 Å². The van der Waals surface area contributed by atoms with Gasteiger partial charge in [0.15, 0.2) is 0 Å². The minimum absolute atomic E-state index is 0.232. The monoisotopic (exact) mass is 267 g/mol. The Morgan fingerprint density at radius 3 is 2.35 bits per heavy atom. The molecule has 0 saturated carbocycles. The van der Waals surface area contributed by atoms with Crippen molar-refractivity contribution >= 4 is 11.8 Å². The molecule has 1 N–H and O–H groups in total. The van der Waals surface area contributed by atoms with Crippen molar-refractivity contribution in [3.05, 3.63) is 71.3 Å². The number of benzene rings is 2. The van der Waals surface area contributed by atoms with Crippen molar-refractivity contribution in [1.82, 2.24) is 5.06 Å². The van der Waals surface area contributed by atoms with Crippen molar-refractivity contribution in [3.8, 4) is 0 Å². The minimum atomic E-state index is -0.657. The van der Waals surface area contributed by atoms with Crippen LogP contribution in [-0.2, 0) is 11.2 Å². The van der Waals surface area contributed by atoms with Gasteiger partial charge in [-0.15, -0.1) is 0 Å². The van der Waals surface area contributed by atoms with Crippen LogP contribution in [0.5, 0.6) is 0 Å². The first-order valence-electron chi connectivity index (χ1n) is 6.38. The zero-order chi connectivity index (χ0) is 14.1. The lowest BCUT2D eigenvalue weighted by Crippen LogP contribution is -2.43. The van der Waals surface area contributed by atoms with Crippen molar-refractivity contribution in [2.45, 2.75) is 12.3 Å². The fourth-order valence-corrected chi connectivity index (χ4v) is 2.54. The van der Waals surface area contributed by atoms with Crippen LogP contribution in [0.25, 0.3) is 0 Å². The van der Waals surface area contributed by atoms with Crippen molar-refractivity contribution < 1.29 is 14.8 Å². The van der Waals surface area contributed by atoms with Crippen molar-refractivity contribution in [1.29, 1.82) is 0 Å². The summed E-state index contributed by atoms with van der Waals surface area (Å²) >= 11 is 0. The number of nitrogens with zero attached hydrogens (tertiary/aromatic N) is 1. The highest BCUT2D eigenvalue weighted by molar-refractivity contribution is 6.10. The SMILES string of the molecule is O=C1c2ccccc2[C@H](Cc2ccccc2)C(=O)N1O. The Kier molecular flexibility index (Phi) is 3.08. The lowest BCUT2D eigenvalue weighted by molar-refractivity contribution is -0.156. The number of imide groups is 1. The van der Waals surface area contributed by atoms with E-state index >= 15 is 0 Å². The Morgan fingerprint density at radius 2 is 1.60 bits per heavy atom. The number of amides is 2. The smallest absolute Gasteiger partial charge is 0.278 e. The summed E-state index contributed by atoms with van der Waals surface area (Å²) in [5.74, 6) is -1.76. The van der Waals surface area contributed by atoms with Gasteiger partial charge in [-0.05, 0) is 23.6 Å². The van der Waals surface area contributed by atoms with Gasteiger partial charge in [-0.1, -0.05) is 48.5 Å². The second kappa shape index (κ2) is 4.90. The van der Waals surface area contributed by atoms with Gasteiger partial charge in [-0.2, -0.15) is 5.06 Å². The topological polar surface area (TPSA) is 57.6 Å². The quantitative estimate of drug-likeness (QED) is 0.671. The van der Waals surface area contributed by atoms with Gasteiger partial charge in [-0.3, -0.25) is 14.8 Å². The standard InChI is InChI=1S/C16H13NO3/c18-15-13-9-5-4-8-12(13)14(16(19)17(15)20)10-11-6-2-1-3-7-11/h1-9,14,20H,10H2/t14-/m0/s1. The molecule has 3 rings (SSSR count). The highest BCUT2D eigenvalue weighted by Gasteiger charge is 2.37. The molecule has 4 nitrogen and oxygen atoms in total. The molecule has 4 heteroatoms. The van der Waals surface area contributed by atoms with Gasteiger partial charge >= 0.3 is 0 Å². The predicted molar refractivity (Wildman–Crippen MR) is 72.3 cm³/mol. The molecule has 100 valence electrons. The van der Waals surface area contributed by atoms with Crippen LogP contribution in [0.3, 0.4) is 0 Å². The summed E-state index contributed by atoms with van der Waals surface area (Å²) in [6.45, 7) is 0. The van der Waals surface area contributed by atoms with E-state index in [4.69, 9.17) is 0 Å². The summed E-state index contributed by atoms with van der Waals surface area (Å²) in [5, 5.41) is 9.91. The Hall–Kier alpha value is -2.46. The molecule has 1 atom stereocenters. The van der Waals surface area contributed by atoms with Gasteiger partial charge in [0.05, 0.1) is 5.92 Å². The summed E-state index contributed by atoms with van der Waals surface area (Å²) in [6.07, 6.45) is 0.459. The number of carbonyl (C=O) groups is 2. The van der Waals surface area contributed by atoms with Gasteiger partial charge in [0.2, 0.25) is 0 Å². The molecule has 20 heavy (non-hydrogen) atoms. The summed E-state index contributed by atoms with van der Waals surface area (Å²) in [5.41, 5.74) is 2.05. The molecular formula is C16H13NO3. The molecule has 0 saturated heterocycles. The average Bonchev–Trinajstić information content (AvgIpc) is 2.50. The molecule has 1 aliphatic heterocycles. The average molecular weight is 267 g/mol. The molecule has 0 fully saturated rings. The zero-order valence-corrected chi connectivity index (χ0v) is 10.7. The Morgan fingerprint density at radius 1 is 0.950 bits per heavy atom. The fourth-order valence-electron chi connectivity index (χ4n) is 2.54. The van der Waals surface area contributed by atoms with Crippen molar-refractivity contribution in [2.75, 3.05) is 0 Å². The lowest BCUT2D eigenvalue weighted by Gasteiger charge is -2.28. The summed E-state index contributed by atoms with van der Waals surface area (Å²) in [6, 6.07) is 16.5. The number of hydrogen-bond donors (Lipinski definition) is 1. The third-order valence-corrected chi connectivity index (χ3v) is 3.55. The van der Waals surface area contributed by atoms with E-state index in [-0.39, 0.29) is 5.06 Å². The van der Waals surface area contributed by atoms with Crippen LogP contribution < -0.4 is 0 Å². The van der Waals surface area contributed by atoms with Crippen LogP contribution in [-0.4, -0.2) is 22.1 Å². The highest BCUT2D eigenvalue weighted by atomic mass is 16.5. The Balaban J connectivity index is 2.03. The van der Waals surface area contributed by atoms with Gasteiger partial charge in [0.25, 0.3) is 11.8 Å².